The largest absolute Gasteiger partial charge is 0.350 e. The van der Waals surface area contributed by atoms with E-state index in [4.69, 9.17) is 0 Å². The Bertz CT molecular complexity index is 1540. The molecule has 0 N–H and O–H groups in total. The van der Waals surface area contributed by atoms with E-state index in [9.17, 15) is 4.79 Å². The van der Waals surface area contributed by atoms with Crippen molar-refractivity contribution in [2.24, 2.45) is 7.05 Å². The van der Waals surface area contributed by atoms with Crippen molar-refractivity contribution in [3.63, 3.8) is 0 Å². The summed E-state index contributed by atoms with van der Waals surface area (Å²) in [4.78, 5) is 18.5. The van der Waals surface area contributed by atoms with E-state index in [0.717, 1.165) is 26.2 Å². The summed E-state index contributed by atoms with van der Waals surface area (Å²) in [5.74, 6) is 0.243. The molecule has 2 heterocycles. The fraction of sp³-hybridized carbons (Fsp3) is 0.250. The topological polar surface area (TPSA) is 28.5 Å². The van der Waals surface area contributed by atoms with Crippen LogP contribution in [-0.4, -0.2) is 46.5 Å². The molecule has 4 heteroatoms. The minimum atomic E-state index is 0.0120. The van der Waals surface area contributed by atoms with Crippen molar-refractivity contribution >= 4 is 16.8 Å². The third kappa shape index (κ3) is 5.32. The molecule has 5 aromatic rings. The molecule has 0 aliphatic carbocycles. The molecule has 0 radical (unpaired) electrons. The average Bonchev–Trinajstić information content (AvgIpc) is 3.33. The van der Waals surface area contributed by atoms with Gasteiger partial charge in [0.1, 0.15) is 0 Å². The van der Waals surface area contributed by atoms with Gasteiger partial charge in [0.05, 0.1) is 6.04 Å². The van der Waals surface area contributed by atoms with Gasteiger partial charge in [-0.25, -0.2) is 0 Å². The van der Waals surface area contributed by atoms with E-state index >= 15 is 0 Å². The quantitative estimate of drug-likeness (QED) is 0.229. The molecular formula is C36H37N3O. The summed E-state index contributed by atoms with van der Waals surface area (Å²) in [7, 11) is 2.09. The summed E-state index contributed by atoms with van der Waals surface area (Å²) in [6, 6.07) is 38.8. The molecule has 202 valence electrons. The van der Waals surface area contributed by atoms with Gasteiger partial charge in [0, 0.05) is 62.7 Å². The molecule has 0 saturated carbocycles. The van der Waals surface area contributed by atoms with Gasteiger partial charge in [-0.15, -0.1) is 0 Å². The van der Waals surface area contributed by atoms with E-state index in [1.165, 1.54) is 38.7 Å². The predicted octanol–water partition coefficient (Wildman–Crippen LogP) is 6.94. The molecule has 1 unspecified atom stereocenters. The molecule has 1 atom stereocenters. The van der Waals surface area contributed by atoms with Crippen LogP contribution in [0.3, 0.4) is 0 Å². The number of aryl methyl sites for hydroxylation is 2. The van der Waals surface area contributed by atoms with Crippen molar-refractivity contribution < 1.29 is 4.79 Å². The smallest absolute Gasteiger partial charge is 0.223 e. The van der Waals surface area contributed by atoms with Gasteiger partial charge >= 0.3 is 0 Å². The van der Waals surface area contributed by atoms with E-state index in [1.54, 1.807) is 0 Å². The maximum Gasteiger partial charge on any atom is 0.223 e. The van der Waals surface area contributed by atoms with Gasteiger partial charge in [0.15, 0.2) is 0 Å². The minimum absolute atomic E-state index is 0.0120. The predicted molar refractivity (Wildman–Crippen MR) is 163 cm³/mol. The van der Waals surface area contributed by atoms with Crippen LogP contribution in [0.2, 0.25) is 0 Å². The van der Waals surface area contributed by atoms with Gasteiger partial charge in [0.2, 0.25) is 5.91 Å². The number of benzene rings is 4. The Morgan fingerprint density at radius 2 is 1.32 bits per heavy atom. The number of aromatic nitrogens is 1. The summed E-state index contributed by atoms with van der Waals surface area (Å²) >= 11 is 0. The second-order valence-corrected chi connectivity index (χ2v) is 11.0. The summed E-state index contributed by atoms with van der Waals surface area (Å²) < 4.78 is 2.18. The Labute approximate surface area is 237 Å². The Balaban J connectivity index is 1.23. The maximum absolute atomic E-state index is 13.9. The molecule has 40 heavy (non-hydrogen) atoms. The molecule has 1 saturated heterocycles. The zero-order chi connectivity index (χ0) is 27.5. The lowest BCUT2D eigenvalue weighted by Gasteiger charge is -2.40. The lowest BCUT2D eigenvalue weighted by Crippen LogP contribution is -2.50. The monoisotopic (exact) mass is 527 g/mol. The van der Waals surface area contributed by atoms with Gasteiger partial charge in [-0.2, -0.15) is 0 Å². The van der Waals surface area contributed by atoms with E-state index < -0.39 is 0 Å². The first-order chi connectivity index (χ1) is 19.6. The minimum Gasteiger partial charge on any atom is -0.350 e. The summed E-state index contributed by atoms with van der Waals surface area (Å²) in [6.45, 7) is 5.31. The number of para-hydroxylation sites is 1. The summed E-state index contributed by atoms with van der Waals surface area (Å²) in [5, 5.41) is 1.22. The number of nitrogens with zero attached hydrogens (tertiary/aromatic N) is 3. The third-order valence-electron chi connectivity index (χ3n) is 8.39. The highest BCUT2D eigenvalue weighted by Crippen LogP contribution is 2.36. The fourth-order valence-electron chi connectivity index (χ4n) is 6.36. The summed E-state index contributed by atoms with van der Waals surface area (Å²) in [6.07, 6.45) is 2.69. The zero-order valence-corrected chi connectivity index (χ0v) is 23.4. The Hall–Kier alpha value is -4.15. The number of piperazine rings is 1. The SMILES string of the molecule is Cc1cccc(C(CC(=O)N2CCN(C(c3ccccc3)c3ccccc3)CC2)c2cn(C)c3ccccc23)c1. The summed E-state index contributed by atoms with van der Waals surface area (Å²) in [5.41, 5.74) is 7.44. The van der Waals surface area contributed by atoms with Crippen molar-refractivity contribution in [3.05, 3.63) is 143 Å². The van der Waals surface area contributed by atoms with Crippen molar-refractivity contribution in [2.75, 3.05) is 26.2 Å². The number of amides is 1. The van der Waals surface area contributed by atoms with Gasteiger partial charge < -0.3 is 9.47 Å². The van der Waals surface area contributed by atoms with Gasteiger partial charge in [-0.05, 0) is 35.2 Å². The van der Waals surface area contributed by atoms with Crippen molar-refractivity contribution in [1.29, 1.82) is 0 Å². The number of carbonyl (C=O) groups is 1. The highest BCUT2D eigenvalue weighted by atomic mass is 16.2. The van der Waals surface area contributed by atoms with E-state index in [0.29, 0.717) is 6.42 Å². The van der Waals surface area contributed by atoms with Gasteiger partial charge in [0.25, 0.3) is 0 Å². The third-order valence-corrected chi connectivity index (χ3v) is 8.39. The number of hydrogen-bond acceptors (Lipinski definition) is 2. The highest BCUT2D eigenvalue weighted by molar-refractivity contribution is 5.86. The normalized spacial score (nSPS) is 15.0. The van der Waals surface area contributed by atoms with Crippen LogP contribution in [0, 0.1) is 6.92 Å². The molecule has 1 aliphatic heterocycles. The molecular weight excluding hydrogens is 490 g/mol. The molecule has 1 aromatic heterocycles. The van der Waals surface area contributed by atoms with Crippen molar-refractivity contribution in [3.8, 4) is 0 Å². The van der Waals surface area contributed by atoms with Crippen LogP contribution >= 0.6 is 0 Å². The van der Waals surface area contributed by atoms with Crippen LogP contribution < -0.4 is 0 Å². The molecule has 1 aliphatic rings. The highest BCUT2D eigenvalue weighted by Gasteiger charge is 2.30. The zero-order valence-electron chi connectivity index (χ0n) is 23.4. The fourth-order valence-corrected chi connectivity index (χ4v) is 6.36. The van der Waals surface area contributed by atoms with Crippen LogP contribution in [0.4, 0.5) is 0 Å². The number of fused-ring (bicyclic) bond motifs is 1. The van der Waals surface area contributed by atoms with Crippen LogP contribution in [-0.2, 0) is 11.8 Å². The van der Waals surface area contributed by atoms with Crippen molar-refractivity contribution in [2.45, 2.75) is 25.3 Å². The Kier molecular flexibility index (Phi) is 7.52. The molecule has 0 spiro atoms. The number of carbonyl (C=O) groups excluding carboxylic acids is 1. The van der Waals surface area contributed by atoms with Gasteiger partial charge in [-0.1, -0.05) is 109 Å². The molecule has 4 nitrogen and oxygen atoms in total. The van der Waals surface area contributed by atoms with E-state index in [-0.39, 0.29) is 17.9 Å². The van der Waals surface area contributed by atoms with Crippen LogP contribution in [0.1, 0.15) is 46.2 Å². The van der Waals surface area contributed by atoms with Gasteiger partial charge in [-0.3, -0.25) is 9.69 Å². The molecule has 4 aromatic carbocycles. The first-order valence-corrected chi connectivity index (χ1v) is 14.3. The Morgan fingerprint density at radius 1 is 0.725 bits per heavy atom. The average molecular weight is 528 g/mol. The first-order valence-electron chi connectivity index (χ1n) is 14.3. The van der Waals surface area contributed by atoms with Crippen LogP contribution in [0.25, 0.3) is 10.9 Å². The maximum atomic E-state index is 13.9. The van der Waals surface area contributed by atoms with Crippen LogP contribution in [0.5, 0.6) is 0 Å². The van der Waals surface area contributed by atoms with E-state index in [2.05, 4.69) is 144 Å². The first kappa shape index (κ1) is 26.1. The van der Waals surface area contributed by atoms with E-state index in [1.807, 2.05) is 0 Å². The molecule has 1 amide bonds. The lowest BCUT2D eigenvalue weighted by molar-refractivity contribution is -0.133. The molecule has 1 fully saturated rings. The van der Waals surface area contributed by atoms with Crippen molar-refractivity contribution in [1.82, 2.24) is 14.4 Å². The second kappa shape index (κ2) is 11.5. The molecule has 0 bridgehead atoms. The standard InChI is InChI=1S/C36H37N3O/c1-27-12-11-17-30(24-27)32(33-26-37(2)34-19-10-9-18-31(33)34)25-35(40)38-20-22-39(23-21-38)36(28-13-5-3-6-14-28)29-15-7-4-8-16-29/h3-19,24,26,32,36H,20-23,25H2,1-2H3. The van der Waals surface area contributed by atoms with Crippen LogP contribution in [0.15, 0.2) is 115 Å². The number of hydrogen-bond donors (Lipinski definition) is 0. The lowest BCUT2D eigenvalue weighted by atomic mass is 9.87. The molecule has 6 rings (SSSR count). The Morgan fingerprint density at radius 3 is 1.98 bits per heavy atom. The number of rotatable bonds is 7. The second-order valence-electron chi connectivity index (χ2n) is 11.0.